The molecule has 0 radical (unpaired) electrons. The van der Waals surface area contributed by atoms with E-state index in [1.54, 1.807) is 0 Å². The minimum atomic E-state index is -0.420. The second kappa shape index (κ2) is 8.67. The number of aliphatic hydroxyl groups excluding tert-OH is 2. The Morgan fingerprint density at radius 3 is 2.62 bits per heavy atom. The number of piperidine rings is 1. The molecule has 0 saturated carbocycles. The Labute approximate surface area is 156 Å². The highest BCUT2D eigenvalue weighted by atomic mass is 16.5. The molecule has 1 heterocycles. The second-order valence-corrected chi connectivity index (χ2v) is 7.35. The molecular weight excluding hydrogens is 326 g/mol. The van der Waals surface area contributed by atoms with Crippen LogP contribution in [0.3, 0.4) is 0 Å². The molecule has 1 saturated heterocycles. The van der Waals surface area contributed by atoms with Crippen molar-refractivity contribution in [2.75, 3.05) is 19.7 Å². The van der Waals surface area contributed by atoms with E-state index >= 15 is 0 Å². The van der Waals surface area contributed by atoms with Crippen LogP contribution < -0.4 is 4.74 Å². The Balaban J connectivity index is 1.68. The largest absolute Gasteiger partial charge is 0.457 e. The van der Waals surface area contributed by atoms with E-state index in [-0.39, 0.29) is 6.61 Å². The van der Waals surface area contributed by atoms with Crippen molar-refractivity contribution in [3.05, 3.63) is 60.2 Å². The molecule has 0 aliphatic carbocycles. The molecule has 2 aromatic rings. The van der Waals surface area contributed by atoms with E-state index < -0.39 is 11.5 Å². The third-order valence-electron chi connectivity index (χ3n) is 5.31. The molecule has 0 spiro atoms. The van der Waals surface area contributed by atoms with Crippen LogP contribution >= 0.6 is 0 Å². The van der Waals surface area contributed by atoms with Crippen molar-refractivity contribution in [1.29, 1.82) is 0 Å². The molecule has 1 fully saturated rings. The predicted molar refractivity (Wildman–Crippen MR) is 103 cm³/mol. The summed E-state index contributed by atoms with van der Waals surface area (Å²) in [6.45, 7) is 4.51. The van der Waals surface area contributed by atoms with E-state index in [2.05, 4.69) is 24.0 Å². The molecule has 0 amide bonds. The van der Waals surface area contributed by atoms with Crippen LogP contribution in [0, 0.1) is 5.41 Å². The number of ether oxygens (including phenoxy) is 1. The van der Waals surface area contributed by atoms with Crippen LogP contribution in [-0.2, 0) is 6.54 Å². The zero-order chi connectivity index (χ0) is 18.4. The normalized spacial score (nSPS) is 23.7. The van der Waals surface area contributed by atoms with Crippen LogP contribution in [0.2, 0.25) is 0 Å². The minimum Gasteiger partial charge on any atom is -0.457 e. The Morgan fingerprint density at radius 1 is 1.12 bits per heavy atom. The quantitative estimate of drug-likeness (QED) is 0.793. The van der Waals surface area contributed by atoms with E-state index in [0.717, 1.165) is 44.0 Å². The fourth-order valence-electron chi connectivity index (χ4n) is 3.94. The highest BCUT2D eigenvalue weighted by Crippen LogP contribution is 2.35. The van der Waals surface area contributed by atoms with Gasteiger partial charge in [-0.3, -0.25) is 4.90 Å². The van der Waals surface area contributed by atoms with Gasteiger partial charge in [0.25, 0.3) is 0 Å². The van der Waals surface area contributed by atoms with Crippen molar-refractivity contribution in [1.82, 2.24) is 4.90 Å². The van der Waals surface area contributed by atoms with E-state index in [9.17, 15) is 10.2 Å². The lowest BCUT2D eigenvalue weighted by Crippen LogP contribution is -2.53. The summed E-state index contributed by atoms with van der Waals surface area (Å²) in [6, 6.07) is 17.9. The standard InChI is InChI=1S/C22H29NO3/c1-2-12-22(17-24)16-23(13-11-21(22)25)15-18-7-6-10-20(14-18)26-19-8-4-3-5-9-19/h3-10,14,21,24-25H,2,11-13,15-17H2,1H3/t21-,22+/m1/s1. The molecule has 140 valence electrons. The van der Waals surface area contributed by atoms with E-state index in [0.29, 0.717) is 6.42 Å². The van der Waals surface area contributed by atoms with Crippen LogP contribution in [0.25, 0.3) is 0 Å². The van der Waals surface area contributed by atoms with Crippen LogP contribution in [0.15, 0.2) is 54.6 Å². The smallest absolute Gasteiger partial charge is 0.127 e. The first-order valence-electron chi connectivity index (χ1n) is 9.48. The average molecular weight is 355 g/mol. The third kappa shape index (κ3) is 4.44. The first-order valence-corrected chi connectivity index (χ1v) is 9.48. The Hall–Kier alpha value is -1.88. The highest BCUT2D eigenvalue weighted by molar-refractivity contribution is 5.33. The zero-order valence-electron chi connectivity index (χ0n) is 15.5. The van der Waals surface area contributed by atoms with Gasteiger partial charge in [-0.1, -0.05) is 43.7 Å². The number of rotatable bonds is 7. The Bertz CT molecular complexity index is 691. The van der Waals surface area contributed by atoms with Gasteiger partial charge in [-0.2, -0.15) is 0 Å². The number of benzene rings is 2. The molecule has 0 bridgehead atoms. The summed E-state index contributed by atoms with van der Waals surface area (Å²) in [5.41, 5.74) is 0.781. The van der Waals surface area contributed by atoms with Crippen molar-refractivity contribution in [2.45, 2.75) is 38.8 Å². The number of hydrogen-bond acceptors (Lipinski definition) is 4. The van der Waals surface area contributed by atoms with Gasteiger partial charge >= 0.3 is 0 Å². The van der Waals surface area contributed by atoms with Crippen LogP contribution in [0.4, 0.5) is 0 Å². The number of likely N-dealkylation sites (tertiary alicyclic amines) is 1. The van der Waals surface area contributed by atoms with Gasteiger partial charge in [0.05, 0.1) is 12.7 Å². The monoisotopic (exact) mass is 355 g/mol. The fraction of sp³-hybridized carbons (Fsp3) is 0.455. The highest BCUT2D eigenvalue weighted by Gasteiger charge is 2.41. The maximum Gasteiger partial charge on any atom is 0.127 e. The molecule has 2 aromatic carbocycles. The summed E-state index contributed by atoms with van der Waals surface area (Å²) in [7, 11) is 0. The molecule has 1 aliphatic rings. The third-order valence-corrected chi connectivity index (χ3v) is 5.31. The maximum absolute atomic E-state index is 10.4. The average Bonchev–Trinajstić information content (AvgIpc) is 2.66. The molecule has 3 rings (SSSR count). The molecule has 1 aliphatic heterocycles. The van der Waals surface area contributed by atoms with Crippen LogP contribution in [0.5, 0.6) is 11.5 Å². The summed E-state index contributed by atoms with van der Waals surface area (Å²) in [4.78, 5) is 2.33. The molecule has 4 heteroatoms. The number of hydrogen-bond donors (Lipinski definition) is 2. The van der Waals surface area contributed by atoms with Gasteiger partial charge in [0.15, 0.2) is 0 Å². The van der Waals surface area contributed by atoms with Gasteiger partial charge in [0.2, 0.25) is 0 Å². The van der Waals surface area contributed by atoms with Crippen molar-refractivity contribution >= 4 is 0 Å². The lowest BCUT2D eigenvalue weighted by Gasteiger charge is -2.45. The van der Waals surface area contributed by atoms with Crippen molar-refractivity contribution in [3.63, 3.8) is 0 Å². The second-order valence-electron chi connectivity index (χ2n) is 7.35. The van der Waals surface area contributed by atoms with Gasteiger partial charge in [-0.25, -0.2) is 0 Å². The minimum absolute atomic E-state index is 0.0374. The van der Waals surface area contributed by atoms with Crippen molar-refractivity contribution in [2.24, 2.45) is 5.41 Å². The number of aliphatic hydroxyl groups is 2. The van der Waals surface area contributed by atoms with Crippen molar-refractivity contribution < 1.29 is 14.9 Å². The van der Waals surface area contributed by atoms with Crippen LogP contribution in [0.1, 0.15) is 31.7 Å². The molecular formula is C22H29NO3. The van der Waals surface area contributed by atoms with Gasteiger partial charge in [-0.15, -0.1) is 0 Å². The van der Waals surface area contributed by atoms with E-state index in [4.69, 9.17) is 4.74 Å². The summed E-state index contributed by atoms with van der Waals surface area (Å²) >= 11 is 0. The maximum atomic E-state index is 10.4. The van der Waals surface area contributed by atoms with E-state index in [1.807, 2.05) is 42.5 Å². The first kappa shape index (κ1) is 18.9. The molecule has 0 unspecified atom stereocenters. The summed E-state index contributed by atoms with van der Waals surface area (Å²) in [6.07, 6.45) is 2.10. The molecule has 2 N–H and O–H groups in total. The van der Waals surface area contributed by atoms with E-state index in [1.165, 1.54) is 5.56 Å². The van der Waals surface area contributed by atoms with Gasteiger partial charge < -0.3 is 14.9 Å². The summed E-state index contributed by atoms with van der Waals surface area (Å²) < 4.78 is 5.93. The SMILES string of the molecule is CCC[C@@]1(CO)CN(Cc2cccc(Oc3ccccc3)c2)CC[C@H]1O. The fourth-order valence-corrected chi connectivity index (χ4v) is 3.94. The lowest BCUT2D eigenvalue weighted by molar-refractivity contribution is -0.0819. The number of nitrogens with zero attached hydrogens (tertiary/aromatic N) is 1. The Morgan fingerprint density at radius 2 is 1.88 bits per heavy atom. The molecule has 0 aromatic heterocycles. The number of para-hydroxylation sites is 1. The summed E-state index contributed by atoms with van der Waals surface area (Å²) in [5.74, 6) is 1.65. The lowest BCUT2D eigenvalue weighted by atomic mass is 9.74. The summed E-state index contributed by atoms with van der Waals surface area (Å²) in [5, 5.41) is 20.4. The molecule has 2 atom stereocenters. The Kier molecular flexibility index (Phi) is 6.30. The zero-order valence-corrected chi connectivity index (χ0v) is 15.5. The van der Waals surface area contributed by atoms with Crippen molar-refractivity contribution in [3.8, 4) is 11.5 Å². The molecule has 26 heavy (non-hydrogen) atoms. The molecule has 4 nitrogen and oxygen atoms in total. The van der Waals surface area contributed by atoms with Gasteiger partial charge in [0.1, 0.15) is 11.5 Å². The first-order chi connectivity index (χ1) is 12.6. The van der Waals surface area contributed by atoms with Crippen LogP contribution in [-0.4, -0.2) is 40.9 Å². The van der Waals surface area contributed by atoms with Gasteiger partial charge in [-0.05, 0) is 42.7 Å². The van der Waals surface area contributed by atoms with Gasteiger partial charge in [0, 0.05) is 25.0 Å². The predicted octanol–water partition coefficient (Wildman–Crippen LogP) is 3.82. The topological polar surface area (TPSA) is 52.9 Å².